The molecule has 0 aromatic carbocycles. The quantitative estimate of drug-likeness (QED) is 0.0170. The summed E-state index contributed by atoms with van der Waals surface area (Å²) in [5.41, 5.74) is 5.37. The second-order valence-electron chi connectivity index (χ2n) is 14.1. The molecule has 0 fully saturated rings. The van der Waals surface area contributed by atoms with E-state index in [0.717, 1.165) is 0 Å². The van der Waals surface area contributed by atoms with Gasteiger partial charge in [0.1, 0.15) is 6.61 Å². The van der Waals surface area contributed by atoms with Crippen LogP contribution in [0.1, 0.15) is 46.5 Å². The Labute approximate surface area is 458 Å². The molecule has 0 saturated carbocycles. The monoisotopic (exact) mass is 1510 g/mol. The fourth-order valence-electron chi connectivity index (χ4n) is 4.99. The normalized spacial score (nSPS) is 11.6. The van der Waals surface area contributed by atoms with Crippen molar-refractivity contribution in [3.63, 3.8) is 0 Å². The zero-order chi connectivity index (χ0) is 52.2. The van der Waals surface area contributed by atoms with Crippen LogP contribution in [0.15, 0.2) is 0 Å². The van der Waals surface area contributed by atoms with Crippen LogP contribution in [0.4, 0.5) is 4.79 Å². The molecule has 8 amide bonds. The van der Waals surface area contributed by atoms with E-state index in [2.05, 4.69) is 97.7 Å². The van der Waals surface area contributed by atoms with E-state index in [9.17, 15) is 38.4 Å². The number of carbonyl (C=O) groups is 8. The number of alkyl carbamates (subject to hydrolysis) is 1. The SMILES string of the molecule is CC(=O)[NH][Ga]([I])[O]CCOCCNC(=O)CCC(NC(=O)CCC(NC(=O)OCCOCCOCCOCCN)C(=O)NCCOCC[O][Ga]([I])[NH]C(C)=O)C(=O)NCCOCC[O][Ga]([I])[NH]C(C)=O. The van der Waals surface area contributed by atoms with Gasteiger partial charge in [-0.1, -0.05) is 0 Å². The molecule has 0 heterocycles. The van der Waals surface area contributed by atoms with Crippen molar-refractivity contribution in [1.29, 1.82) is 0 Å². The molecular formula is C37H69Ga3I3N9O18. The first-order valence-electron chi connectivity index (χ1n) is 22.3. The molecule has 0 aliphatic heterocycles. The van der Waals surface area contributed by atoms with Gasteiger partial charge in [0.15, 0.2) is 0 Å². The van der Waals surface area contributed by atoms with Gasteiger partial charge in [-0.15, -0.1) is 0 Å². The van der Waals surface area contributed by atoms with Crippen molar-refractivity contribution in [2.45, 2.75) is 58.5 Å². The van der Waals surface area contributed by atoms with Gasteiger partial charge in [-0.3, -0.25) is 0 Å². The third kappa shape index (κ3) is 45.8. The van der Waals surface area contributed by atoms with E-state index in [-0.39, 0.29) is 149 Å². The summed E-state index contributed by atoms with van der Waals surface area (Å²) >= 11 is -0.848. The second-order valence-corrected chi connectivity index (χ2v) is 39.6. The molecule has 10 N–H and O–H groups in total. The second kappa shape index (κ2) is 47.9. The molecule has 70 heavy (non-hydrogen) atoms. The first-order chi connectivity index (χ1) is 33.5. The summed E-state index contributed by atoms with van der Waals surface area (Å²) in [5, 5.41) is 13.2. The molecule has 0 aliphatic carbocycles. The van der Waals surface area contributed by atoms with Crippen molar-refractivity contribution in [3.8, 4) is 0 Å². The van der Waals surface area contributed by atoms with Crippen LogP contribution in [0.2, 0.25) is 0 Å². The van der Waals surface area contributed by atoms with Gasteiger partial charge in [0.05, 0.1) is 39.6 Å². The van der Waals surface area contributed by atoms with E-state index < -0.39 is 81.6 Å². The van der Waals surface area contributed by atoms with Crippen LogP contribution >= 0.6 is 59.0 Å². The summed E-state index contributed by atoms with van der Waals surface area (Å²) in [7, 11) is 0. The van der Waals surface area contributed by atoms with Gasteiger partial charge in [0.2, 0.25) is 0 Å². The molecule has 0 radical (unpaired) electrons. The molecule has 0 saturated heterocycles. The van der Waals surface area contributed by atoms with E-state index in [0.29, 0.717) is 26.4 Å². The topological polar surface area (TPSA) is 351 Å². The number of halogens is 3. The molecule has 2 unspecified atom stereocenters. The van der Waals surface area contributed by atoms with Crippen LogP contribution in [0, 0.1) is 0 Å². The zero-order valence-electron chi connectivity index (χ0n) is 39.9. The maximum atomic E-state index is 13.4. The first-order valence-corrected chi connectivity index (χ1v) is 51.1. The van der Waals surface area contributed by atoms with Gasteiger partial charge >= 0.3 is 390 Å². The molecule has 27 nitrogen and oxygen atoms in total. The average Bonchev–Trinajstić information content (AvgIpc) is 3.28. The van der Waals surface area contributed by atoms with Crippen molar-refractivity contribution >= 4 is 146 Å². The Bertz CT molecular complexity index is 1500. The summed E-state index contributed by atoms with van der Waals surface area (Å²) in [5.74, 6) is -2.76. The van der Waals surface area contributed by atoms with E-state index in [1.165, 1.54) is 20.8 Å². The van der Waals surface area contributed by atoms with Gasteiger partial charge in [0.25, 0.3) is 0 Å². The van der Waals surface area contributed by atoms with Crippen molar-refractivity contribution in [3.05, 3.63) is 0 Å². The van der Waals surface area contributed by atoms with Crippen molar-refractivity contribution < 1.29 is 82.1 Å². The zero-order valence-corrected chi connectivity index (χ0v) is 53.7. The van der Waals surface area contributed by atoms with Crippen molar-refractivity contribution in [1.82, 2.24) is 38.7 Å². The van der Waals surface area contributed by atoms with Gasteiger partial charge in [-0.2, -0.15) is 0 Å². The molecule has 0 spiro atoms. The average molecular weight is 1520 g/mol. The van der Waals surface area contributed by atoms with Crippen molar-refractivity contribution in [2.75, 3.05) is 132 Å². The predicted molar refractivity (Wildman–Crippen MR) is 280 cm³/mol. The molecule has 0 aromatic rings. The number of rotatable bonds is 45. The molecular weight excluding hydrogens is 1450 g/mol. The molecule has 0 aromatic heterocycles. The van der Waals surface area contributed by atoms with Gasteiger partial charge in [-0.25, -0.2) is 0 Å². The Balaban J connectivity index is 5.41. The fraction of sp³-hybridized carbons (Fsp3) is 0.784. The first kappa shape index (κ1) is 69.3. The number of ether oxygens (including phenoxy) is 7. The van der Waals surface area contributed by atoms with Crippen LogP contribution < -0.4 is 44.4 Å². The molecule has 0 aliphatic rings. The Morgan fingerprint density at radius 3 is 1.20 bits per heavy atom. The molecule has 2 atom stereocenters. The van der Waals surface area contributed by atoms with Crippen LogP contribution in [0.5, 0.6) is 0 Å². The molecule has 0 rings (SSSR count). The number of nitrogens with one attached hydrogen (secondary N) is 8. The molecule has 400 valence electrons. The van der Waals surface area contributed by atoms with Crippen LogP contribution in [-0.4, -0.2) is 231 Å². The van der Waals surface area contributed by atoms with Gasteiger partial charge < -0.3 is 19.9 Å². The summed E-state index contributed by atoms with van der Waals surface area (Å²) in [6.45, 7) is 8.44. The summed E-state index contributed by atoms with van der Waals surface area (Å²) in [6, 6.07) is -2.41. The third-order valence-electron chi connectivity index (χ3n) is 8.13. The van der Waals surface area contributed by atoms with Gasteiger partial charge in [-0.05, 0) is 0 Å². The third-order valence-corrected chi connectivity index (χ3v) is 25.9. The van der Waals surface area contributed by atoms with E-state index in [1.807, 2.05) is 0 Å². The number of hydrogen-bond acceptors (Lipinski definition) is 19. The standard InChI is InChI=1S/C31H57N6O15.3C2H5NO.3Ga.3HI/c32-5-12-46-19-20-50-21-22-51-23-24-52-31(45)37-26(30(44)35-8-15-49-18-11-40)2-4-28(42)36-25(29(43)34-7-14-48-17-10-39)1-3-27(41)33-6-13-47-16-9-38;3*1-2(3)4;;;;;;/h25-26H,1-24,32H2,(H,33,41)(H,34,43)(H,35,44)(H,36,42)(H,37,45);3*1H3,(H2,3,4);;;;3*1H/q-3;;;;3*+3;;;/p-6. The minimum atomic E-state index is -2.39. The maximum absolute atomic E-state index is 13.4. The Kier molecular flexibility index (Phi) is 47.4. The molecule has 33 heteroatoms. The minimum absolute atomic E-state index is 0.0438. The van der Waals surface area contributed by atoms with Crippen LogP contribution in [-0.2, 0) is 77.3 Å². The predicted octanol–water partition coefficient (Wildman–Crippen LogP) is -2.75. The Morgan fingerprint density at radius 1 is 0.443 bits per heavy atom. The van der Waals surface area contributed by atoms with E-state index in [4.69, 9.17) is 49.5 Å². The number of amides is 8. The summed E-state index contributed by atoms with van der Waals surface area (Å²) in [6.07, 6.45) is -1.70. The number of carbonyl (C=O) groups excluding carboxylic acids is 8. The Morgan fingerprint density at radius 2 is 0.786 bits per heavy atom. The van der Waals surface area contributed by atoms with Gasteiger partial charge in [0, 0.05) is 6.54 Å². The van der Waals surface area contributed by atoms with E-state index >= 15 is 0 Å². The summed E-state index contributed by atoms with van der Waals surface area (Å²) in [4.78, 5) is 99.1. The fourth-order valence-corrected chi connectivity index (χ4v) is 20.2. The number of hydrogen-bond donors (Lipinski definition) is 9. The summed E-state index contributed by atoms with van der Waals surface area (Å²) < 4.78 is 62.8. The van der Waals surface area contributed by atoms with E-state index in [1.54, 1.807) is 0 Å². The van der Waals surface area contributed by atoms with Crippen LogP contribution in [0.3, 0.4) is 0 Å². The van der Waals surface area contributed by atoms with Crippen LogP contribution in [0.25, 0.3) is 0 Å². The van der Waals surface area contributed by atoms with Crippen molar-refractivity contribution in [2.24, 2.45) is 5.73 Å². The number of nitrogens with two attached hydrogens (primary N) is 1. The Hall–Kier alpha value is -0.741. The molecule has 0 bridgehead atoms.